The van der Waals surface area contributed by atoms with E-state index >= 15 is 0 Å². The molecule has 0 aliphatic heterocycles. The molecule has 0 bridgehead atoms. The first-order valence-corrected chi connectivity index (χ1v) is 7.03. The monoisotopic (exact) mass is 305 g/mol. The summed E-state index contributed by atoms with van der Waals surface area (Å²) in [7, 11) is 2.02. The van der Waals surface area contributed by atoms with Crippen LogP contribution >= 0.6 is 15.9 Å². The molecule has 0 aliphatic rings. The molecule has 0 saturated heterocycles. The minimum atomic E-state index is 0.774. The third kappa shape index (κ3) is 3.53. The summed E-state index contributed by atoms with van der Waals surface area (Å²) in [5.74, 6) is 0.774. The van der Waals surface area contributed by atoms with Crippen LogP contribution < -0.4 is 4.90 Å². The molecule has 0 radical (unpaired) electrons. The van der Waals surface area contributed by atoms with E-state index in [2.05, 4.69) is 55.1 Å². The predicted octanol–water partition coefficient (Wildman–Crippen LogP) is 3.05. The van der Waals surface area contributed by atoms with Gasteiger partial charge in [-0.2, -0.15) is 0 Å². The zero-order chi connectivity index (χ0) is 12.8. The SMILES string of the molecule is CN(CCc1ccccc1)c1ncc(CBr)cn1. The van der Waals surface area contributed by atoms with Crippen molar-refractivity contribution in [1.82, 2.24) is 9.97 Å². The second-order valence-electron chi connectivity index (χ2n) is 4.18. The van der Waals surface area contributed by atoms with Gasteiger partial charge in [0.1, 0.15) is 0 Å². The lowest BCUT2D eigenvalue weighted by Gasteiger charge is -2.16. The Bertz CT molecular complexity index is 470. The van der Waals surface area contributed by atoms with Crippen LogP contribution in [0.1, 0.15) is 11.1 Å². The number of halogens is 1. The van der Waals surface area contributed by atoms with Gasteiger partial charge in [-0.1, -0.05) is 46.3 Å². The van der Waals surface area contributed by atoms with Gasteiger partial charge in [0, 0.05) is 31.3 Å². The Balaban J connectivity index is 1.93. The zero-order valence-corrected chi connectivity index (χ0v) is 12.0. The number of aromatic nitrogens is 2. The normalized spacial score (nSPS) is 10.3. The van der Waals surface area contributed by atoms with Gasteiger partial charge in [0.2, 0.25) is 5.95 Å². The van der Waals surface area contributed by atoms with Crippen LogP contribution in [0.2, 0.25) is 0 Å². The average Bonchev–Trinajstić information content (AvgIpc) is 2.46. The van der Waals surface area contributed by atoms with Gasteiger partial charge < -0.3 is 4.90 Å². The van der Waals surface area contributed by atoms with Crippen molar-refractivity contribution in [3.63, 3.8) is 0 Å². The minimum Gasteiger partial charge on any atom is -0.344 e. The van der Waals surface area contributed by atoms with Gasteiger partial charge in [-0.05, 0) is 17.5 Å². The molecule has 0 spiro atoms. The number of alkyl halides is 1. The van der Waals surface area contributed by atoms with E-state index < -0.39 is 0 Å². The fourth-order valence-electron chi connectivity index (χ4n) is 1.66. The molecule has 0 unspecified atom stereocenters. The molecule has 4 heteroatoms. The van der Waals surface area contributed by atoms with Crippen molar-refractivity contribution >= 4 is 21.9 Å². The van der Waals surface area contributed by atoms with Gasteiger partial charge in [0.25, 0.3) is 0 Å². The van der Waals surface area contributed by atoms with E-state index in [1.54, 1.807) is 0 Å². The van der Waals surface area contributed by atoms with Crippen LogP contribution in [0.15, 0.2) is 42.7 Å². The second-order valence-corrected chi connectivity index (χ2v) is 4.74. The molecule has 2 rings (SSSR count). The Morgan fingerprint density at radius 3 is 2.33 bits per heavy atom. The summed E-state index contributed by atoms with van der Waals surface area (Å²) < 4.78 is 0. The Labute approximate surface area is 116 Å². The number of benzene rings is 1. The summed E-state index contributed by atoms with van der Waals surface area (Å²) in [6.45, 7) is 0.914. The van der Waals surface area contributed by atoms with Crippen molar-refractivity contribution < 1.29 is 0 Å². The molecule has 1 heterocycles. The van der Waals surface area contributed by atoms with Crippen molar-refractivity contribution in [1.29, 1.82) is 0 Å². The highest BCUT2D eigenvalue weighted by atomic mass is 79.9. The molecule has 1 aromatic carbocycles. The summed E-state index contributed by atoms with van der Waals surface area (Å²) in [5, 5.41) is 0.793. The summed E-state index contributed by atoms with van der Waals surface area (Å²) in [6.07, 6.45) is 4.72. The molecule has 1 aromatic heterocycles. The van der Waals surface area contributed by atoms with Crippen molar-refractivity contribution in [3.8, 4) is 0 Å². The third-order valence-corrected chi connectivity index (χ3v) is 3.41. The number of likely N-dealkylation sites (N-methyl/N-ethyl adjacent to an activating group) is 1. The summed E-state index contributed by atoms with van der Waals surface area (Å²) in [4.78, 5) is 10.8. The second kappa shape index (κ2) is 6.50. The van der Waals surface area contributed by atoms with E-state index in [9.17, 15) is 0 Å². The summed E-state index contributed by atoms with van der Waals surface area (Å²) in [6, 6.07) is 10.5. The number of hydrogen-bond acceptors (Lipinski definition) is 3. The lowest BCUT2D eigenvalue weighted by molar-refractivity contribution is 0.835. The van der Waals surface area contributed by atoms with Crippen molar-refractivity contribution in [2.75, 3.05) is 18.5 Å². The summed E-state index contributed by atoms with van der Waals surface area (Å²) in [5.41, 5.74) is 2.43. The Hall–Kier alpha value is -1.42. The maximum atomic E-state index is 4.35. The number of anilines is 1. The molecule has 0 fully saturated rings. The van der Waals surface area contributed by atoms with Gasteiger partial charge >= 0.3 is 0 Å². The first-order valence-electron chi connectivity index (χ1n) is 5.91. The molecule has 18 heavy (non-hydrogen) atoms. The van der Waals surface area contributed by atoms with E-state index in [4.69, 9.17) is 0 Å². The topological polar surface area (TPSA) is 29.0 Å². The molecular weight excluding hydrogens is 290 g/mol. The molecule has 0 saturated carbocycles. The molecule has 0 aliphatic carbocycles. The van der Waals surface area contributed by atoms with Crippen LogP contribution in [0.5, 0.6) is 0 Å². The van der Waals surface area contributed by atoms with Crippen LogP contribution in [0.4, 0.5) is 5.95 Å². The van der Waals surface area contributed by atoms with E-state index in [-0.39, 0.29) is 0 Å². The fourth-order valence-corrected chi connectivity index (χ4v) is 1.95. The van der Waals surface area contributed by atoms with Gasteiger partial charge in [0.15, 0.2) is 0 Å². The number of nitrogens with zero attached hydrogens (tertiary/aromatic N) is 3. The van der Waals surface area contributed by atoms with Crippen molar-refractivity contribution in [3.05, 3.63) is 53.9 Å². The number of hydrogen-bond donors (Lipinski definition) is 0. The predicted molar refractivity (Wildman–Crippen MR) is 78.1 cm³/mol. The zero-order valence-electron chi connectivity index (χ0n) is 10.4. The lowest BCUT2D eigenvalue weighted by Crippen LogP contribution is -2.22. The van der Waals surface area contributed by atoms with E-state index in [1.165, 1.54) is 5.56 Å². The average molecular weight is 306 g/mol. The highest BCUT2D eigenvalue weighted by Crippen LogP contribution is 2.09. The maximum Gasteiger partial charge on any atom is 0.225 e. The first-order chi connectivity index (χ1) is 8.79. The van der Waals surface area contributed by atoms with Crippen LogP contribution in [-0.4, -0.2) is 23.6 Å². The van der Waals surface area contributed by atoms with Gasteiger partial charge in [0.05, 0.1) is 0 Å². The molecule has 2 aromatic rings. The smallest absolute Gasteiger partial charge is 0.225 e. The van der Waals surface area contributed by atoms with Gasteiger partial charge in [-0.25, -0.2) is 9.97 Å². The highest BCUT2D eigenvalue weighted by molar-refractivity contribution is 9.08. The lowest BCUT2D eigenvalue weighted by atomic mass is 10.1. The van der Waals surface area contributed by atoms with Crippen LogP contribution in [0.3, 0.4) is 0 Å². The van der Waals surface area contributed by atoms with Gasteiger partial charge in [-0.3, -0.25) is 0 Å². The van der Waals surface area contributed by atoms with Crippen LogP contribution in [0, 0.1) is 0 Å². The molecular formula is C14H16BrN3. The molecule has 0 amide bonds. The van der Waals surface area contributed by atoms with E-state index in [1.807, 2.05) is 25.5 Å². The summed E-state index contributed by atoms with van der Waals surface area (Å²) >= 11 is 3.39. The van der Waals surface area contributed by atoms with Gasteiger partial charge in [-0.15, -0.1) is 0 Å². The number of rotatable bonds is 5. The van der Waals surface area contributed by atoms with E-state index in [0.717, 1.165) is 29.8 Å². The van der Waals surface area contributed by atoms with Crippen molar-refractivity contribution in [2.24, 2.45) is 0 Å². The molecule has 3 nitrogen and oxygen atoms in total. The Morgan fingerprint density at radius 2 is 1.72 bits per heavy atom. The first kappa shape index (κ1) is 13.0. The molecule has 94 valence electrons. The maximum absolute atomic E-state index is 4.35. The quantitative estimate of drug-likeness (QED) is 0.795. The van der Waals surface area contributed by atoms with Crippen LogP contribution in [0.25, 0.3) is 0 Å². The fraction of sp³-hybridized carbons (Fsp3) is 0.286. The molecule has 0 atom stereocenters. The third-order valence-electron chi connectivity index (χ3n) is 2.77. The van der Waals surface area contributed by atoms with Crippen LogP contribution in [-0.2, 0) is 11.8 Å². The Kier molecular flexibility index (Phi) is 4.70. The largest absolute Gasteiger partial charge is 0.344 e. The minimum absolute atomic E-state index is 0.774. The van der Waals surface area contributed by atoms with Crippen molar-refractivity contribution in [2.45, 2.75) is 11.8 Å². The Morgan fingerprint density at radius 1 is 1.06 bits per heavy atom. The van der Waals surface area contributed by atoms with E-state index in [0.29, 0.717) is 0 Å². The molecule has 0 N–H and O–H groups in total. The highest BCUT2D eigenvalue weighted by Gasteiger charge is 2.04. The standard InChI is InChI=1S/C14H16BrN3/c1-18(8-7-12-5-3-2-4-6-12)14-16-10-13(9-15)11-17-14/h2-6,10-11H,7-9H2,1H3.